The molecule has 0 saturated carbocycles. The van der Waals surface area contributed by atoms with Crippen molar-refractivity contribution in [3.05, 3.63) is 84.5 Å². The Balaban J connectivity index is 0.000000988. The highest BCUT2D eigenvalue weighted by molar-refractivity contribution is 5.99. The number of hydrogen-bond donors (Lipinski definition) is 9. The number of hydrogen-bond acceptors (Lipinski definition) is 23. The van der Waals surface area contributed by atoms with Gasteiger partial charge >= 0.3 is 23.9 Å². The Morgan fingerprint density at radius 2 is 1.14 bits per heavy atom. The molecule has 0 radical (unpaired) electrons. The van der Waals surface area contributed by atoms with Crippen LogP contribution in [0.1, 0.15) is 46.3 Å². The molecule has 0 bridgehead atoms. The van der Waals surface area contributed by atoms with E-state index in [1.54, 1.807) is 0 Å². The third-order valence-corrected chi connectivity index (χ3v) is 9.55. The van der Waals surface area contributed by atoms with E-state index >= 15 is 0 Å². The summed E-state index contributed by atoms with van der Waals surface area (Å²) in [7, 11) is 9.42. The van der Waals surface area contributed by atoms with Gasteiger partial charge in [0.1, 0.15) is 12.2 Å². The first-order chi connectivity index (χ1) is 34.1. The molecule has 0 aliphatic carbocycles. The number of amides is 2. The highest BCUT2D eigenvalue weighted by atomic mass is 16.7. The standard InChI is InChI=1S/C14H21N3O8.C12H13N3O6.C7H8N2O4.C7H15NO5.2CH4/c1-22-10(23-2)7-25-6-8(14(20)21)16-13(19)11-12(24-3)9(18)4-5-17(11)15;1-20-10-7(16)2-3-14-9(10)11(17)15-6(12(18)19)4-21-5-8(15)13-14;1-13-6-4(10)2-3-9(8)5(6)7(11)12;1-11-6(12-2)4-13-3-5(8)7(9)10;;/h4-5,8,10H,6-7,15H2,1-3H3,(H,16,19)(H,20,21);2-3,6,8,13H,4-5H2,1H3,(H,18,19);2-3H,8H2,1H3,(H,11,12);5-6H,3-4,8H2,1-2H3,(H,9,10);2*1H4/t8-;6-,8-;;5-;;/m00.0../s1. The molecule has 3 aromatic heterocycles. The number of aliphatic carboxylic acids is 3. The van der Waals surface area contributed by atoms with Gasteiger partial charge in [-0.3, -0.25) is 47.7 Å². The minimum absolute atomic E-state index is 0. The number of carbonyl (C=O) groups excluding carboxylic acids is 2. The van der Waals surface area contributed by atoms with Crippen molar-refractivity contribution in [1.29, 1.82) is 0 Å². The fourth-order valence-corrected chi connectivity index (χ4v) is 5.95. The van der Waals surface area contributed by atoms with Gasteiger partial charge in [-0.15, -0.1) is 0 Å². The van der Waals surface area contributed by atoms with Gasteiger partial charge in [-0.1, -0.05) is 14.9 Å². The van der Waals surface area contributed by atoms with Gasteiger partial charge in [0, 0.05) is 65.2 Å². The molecule has 3 aromatic rings. The van der Waals surface area contributed by atoms with Crippen LogP contribution in [0.3, 0.4) is 0 Å². The first kappa shape index (κ1) is 66.2. The fourth-order valence-electron chi connectivity index (χ4n) is 5.95. The molecule has 1 saturated heterocycles. The van der Waals surface area contributed by atoms with Crippen molar-refractivity contribution in [1.82, 2.24) is 24.2 Å². The van der Waals surface area contributed by atoms with Gasteiger partial charge in [-0.2, -0.15) is 0 Å². The molecule has 0 aromatic carbocycles. The SMILES string of the molecule is C.C.COC(COC[C@H](N)C(=O)O)OC.COc1c(C(=O)N[C@@H](COCC(OC)OC)C(=O)O)n(N)ccc1=O.COc1c(C(=O)O)n(N)ccc1=O.COc1c2n(ccc1=O)N[C@@H]1COC[C@@H](C(=O)O)N1C2=O. The summed E-state index contributed by atoms with van der Waals surface area (Å²) in [5.41, 5.74) is 5.88. The second-order valence-corrected chi connectivity index (χ2v) is 14.1. The Morgan fingerprint density at radius 3 is 1.57 bits per heavy atom. The monoisotopic (exact) mass is 1060 g/mol. The van der Waals surface area contributed by atoms with Gasteiger partial charge in [0.25, 0.3) is 11.8 Å². The normalized spacial score (nSPS) is 14.8. The number of aromatic carboxylic acids is 1. The largest absolute Gasteiger partial charge is 0.491 e. The van der Waals surface area contributed by atoms with Crippen LogP contribution in [0.15, 0.2) is 51.2 Å². The van der Waals surface area contributed by atoms with Crippen molar-refractivity contribution in [2.24, 2.45) is 5.73 Å². The molecule has 4 atom stereocenters. The molecule has 5 heterocycles. The first-order valence-electron chi connectivity index (χ1n) is 20.4. The quantitative estimate of drug-likeness (QED) is 0.0371. The van der Waals surface area contributed by atoms with Crippen molar-refractivity contribution in [2.75, 3.05) is 107 Å². The Morgan fingerprint density at radius 1 is 0.676 bits per heavy atom. The summed E-state index contributed by atoms with van der Waals surface area (Å²) < 4.78 is 52.3. The molecule has 0 spiro atoms. The topological polar surface area (TPSA) is 447 Å². The zero-order chi connectivity index (χ0) is 54.4. The molecule has 12 N–H and O–H groups in total. The molecule has 0 unspecified atom stereocenters. The number of carbonyl (C=O) groups is 6. The summed E-state index contributed by atoms with van der Waals surface area (Å²) in [6.45, 7) is -0.230. The summed E-state index contributed by atoms with van der Waals surface area (Å²) in [5.74, 6) is 3.84. The number of carboxylic acid groups (broad SMARTS) is 4. The minimum atomic E-state index is -1.39. The highest BCUT2D eigenvalue weighted by Crippen LogP contribution is 2.25. The number of methoxy groups -OCH3 is 7. The third-order valence-electron chi connectivity index (χ3n) is 9.55. The zero-order valence-corrected chi connectivity index (χ0v) is 39.7. The lowest BCUT2D eigenvalue weighted by atomic mass is 10.1. The van der Waals surface area contributed by atoms with Crippen LogP contribution in [-0.2, 0) is 47.5 Å². The molecule has 5 rings (SSSR count). The highest BCUT2D eigenvalue weighted by Gasteiger charge is 2.44. The number of nitrogens with two attached hydrogens (primary N) is 3. The molecule has 2 amide bonds. The van der Waals surface area contributed by atoms with Gasteiger partial charge in [0.15, 0.2) is 59.0 Å². The lowest BCUT2D eigenvalue weighted by molar-refractivity contribution is -0.151. The van der Waals surface area contributed by atoms with Crippen molar-refractivity contribution in [2.45, 2.75) is 51.7 Å². The van der Waals surface area contributed by atoms with Crippen LogP contribution in [0.5, 0.6) is 17.2 Å². The minimum Gasteiger partial charge on any atom is -0.491 e. The van der Waals surface area contributed by atoms with Crippen LogP contribution < -0.4 is 58.7 Å². The van der Waals surface area contributed by atoms with E-state index in [2.05, 4.69) is 15.5 Å². The second kappa shape index (κ2) is 32.3. The van der Waals surface area contributed by atoms with Gasteiger partial charge in [-0.05, 0) is 0 Å². The molecule has 32 heteroatoms. The van der Waals surface area contributed by atoms with E-state index in [0.717, 1.165) is 33.9 Å². The van der Waals surface area contributed by atoms with Crippen molar-refractivity contribution in [3.8, 4) is 17.2 Å². The lowest BCUT2D eigenvalue weighted by Gasteiger charge is -2.44. The molecular formula is C42H65N9O23. The molecule has 74 heavy (non-hydrogen) atoms. The predicted molar refractivity (Wildman–Crippen MR) is 256 cm³/mol. The number of rotatable bonds is 21. The summed E-state index contributed by atoms with van der Waals surface area (Å²) in [4.78, 5) is 104. The lowest BCUT2D eigenvalue weighted by Crippen LogP contribution is -2.65. The molecule has 2 aliphatic heterocycles. The van der Waals surface area contributed by atoms with Gasteiger partial charge in [0.05, 0.1) is 61.0 Å². The maximum Gasteiger partial charge on any atom is 0.358 e. The number of fused-ring (bicyclic) bond motifs is 2. The van der Waals surface area contributed by atoms with E-state index in [1.807, 2.05) is 0 Å². The summed E-state index contributed by atoms with van der Waals surface area (Å²) in [6.07, 6.45) is 1.95. The zero-order valence-electron chi connectivity index (χ0n) is 39.7. The first-order valence-corrected chi connectivity index (χ1v) is 20.4. The third kappa shape index (κ3) is 18.0. The number of aromatic nitrogens is 3. The van der Waals surface area contributed by atoms with Crippen LogP contribution in [0.25, 0.3) is 0 Å². The second-order valence-electron chi connectivity index (χ2n) is 14.1. The van der Waals surface area contributed by atoms with E-state index in [1.165, 1.54) is 71.6 Å². The number of morpholine rings is 1. The van der Waals surface area contributed by atoms with Crippen molar-refractivity contribution in [3.63, 3.8) is 0 Å². The van der Waals surface area contributed by atoms with Crippen molar-refractivity contribution >= 4 is 35.7 Å². The predicted octanol–water partition coefficient (Wildman–Crippen LogP) is -3.37. The molecule has 416 valence electrons. The van der Waals surface area contributed by atoms with Gasteiger partial charge < -0.3 is 96.0 Å². The summed E-state index contributed by atoms with van der Waals surface area (Å²) >= 11 is 0. The molecular weight excluding hydrogens is 999 g/mol. The fraction of sp³-hybridized carbons (Fsp3) is 0.500. The molecule has 32 nitrogen and oxygen atoms in total. The number of nitrogens with zero attached hydrogens (tertiary/aromatic N) is 4. The Kier molecular flexibility index (Phi) is 28.8. The summed E-state index contributed by atoms with van der Waals surface area (Å²) in [5, 5.41) is 37.7. The Bertz CT molecular complexity index is 2510. The van der Waals surface area contributed by atoms with Gasteiger partial charge in [-0.25, -0.2) is 14.4 Å². The van der Waals surface area contributed by atoms with Crippen LogP contribution in [-0.4, -0.2) is 201 Å². The van der Waals surface area contributed by atoms with E-state index in [0.29, 0.717) is 0 Å². The van der Waals surface area contributed by atoms with E-state index in [-0.39, 0.29) is 88.8 Å². The number of pyridine rings is 3. The van der Waals surface area contributed by atoms with E-state index in [4.69, 9.17) is 70.3 Å². The van der Waals surface area contributed by atoms with E-state index < -0.39 is 88.8 Å². The number of nitrogens with one attached hydrogen (secondary N) is 2. The maximum absolute atomic E-state index is 12.6. The molecule has 1 fully saturated rings. The van der Waals surface area contributed by atoms with Crippen LogP contribution >= 0.6 is 0 Å². The smallest absolute Gasteiger partial charge is 0.358 e. The van der Waals surface area contributed by atoms with Crippen LogP contribution in [0.4, 0.5) is 0 Å². The van der Waals surface area contributed by atoms with Crippen LogP contribution in [0.2, 0.25) is 0 Å². The van der Waals surface area contributed by atoms with Crippen molar-refractivity contribution < 1.29 is 96.6 Å². The number of carboxylic acids is 4. The Hall–Kier alpha value is -7.85. The maximum atomic E-state index is 12.6. The van der Waals surface area contributed by atoms with E-state index in [9.17, 15) is 53.4 Å². The number of nitrogen functional groups attached to an aromatic ring is 2. The number of ether oxygens (including phenoxy) is 10. The summed E-state index contributed by atoms with van der Waals surface area (Å²) in [6, 6.07) is -0.000875. The molecule has 2 aliphatic rings. The van der Waals surface area contributed by atoms with Gasteiger partial charge in [0.2, 0.25) is 16.3 Å². The average molecular weight is 1060 g/mol. The van der Waals surface area contributed by atoms with Crippen LogP contribution in [0, 0.1) is 0 Å². The Labute approximate surface area is 421 Å². The average Bonchev–Trinajstić information content (AvgIpc) is 3.35.